The van der Waals surface area contributed by atoms with Crippen molar-refractivity contribution in [3.05, 3.63) is 71.8 Å². The Kier molecular flexibility index (Phi) is 6.16. The lowest BCUT2D eigenvalue weighted by Gasteiger charge is -2.44. The first kappa shape index (κ1) is 21.7. The average Bonchev–Trinajstić information content (AvgIpc) is 3.09. The molecule has 0 spiro atoms. The van der Waals surface area contributed by atoms with Gasteiger partial charge in [-0.3, -0.25) is 14.5 Å². The zero-order valence-electron chi connectivity index (χ0n) is 18.9. The van der Waals surface area contributed by atoms with Crippen LogP contribution in [-0.2, 0) is 16.1 Å². The Balaban J connectivity index is 1.38. The predicted molar refractivity (Wildman–Crippen MR) is 125 cm³/mol. The van der Waals surface area contributed by atoms with Crippen LogP contribution < -0.4 is 0 Å². The molecular weight excluding hydrogens is 414 g/mol. The number of hydrogen-bond donors (Lipinski definition) is 0. The molecule has 0 radical (unpaired) electrons. The summed E-state index contributed by atoms with van der Waals surface area (Å²) in [4.78, 5) is 45.1. The molecule has 3 unspecified atom stereocenters. The van der Waals surface area contributed by atoms with Crippen molar-refractivity contribution >= 4 is 17.8 Å². The van der Waals surface area contributed by atoms with Crippen LogP contribution in [0.15, 0.2) is 60.7 Å². The molecule has 3 atom stereocenters. The van der Waals surface area contributed by atoms with Crippen LogP contribution in [0.5, 0.6) is 0 Å². The third-order valence-corrected chi connectivity index (χ3v) is 7.46. The predicted octanol–water partition coefficient (Wildman–Crippen LogP) is 4.37. The van der Waals surface area contributed by atoms with E-state index in [0.29, 0.717) is 12.5 Å². The molecule has 4 amide bonds. The van der Waals surface area contributed by atoms with Gasteiger partial charge in [0.1, 0.15) is 12.6 Å². The molecule has 2 saturated heterocycles. The van der Waals surface area contributed by atoms with Crippen molar-refractivity contribution in [2.45, 2.75) is 57.2 Å². The molecule has 5 rings (SSSR count). The average molecular weight is 446 g/mol. The molecule has 0 N–H and O–H groups in total. The fourth-order valence-electron chi connectivity index (χ4n) is 5.84. The molecule has 0 aromatic heterocycles. The molecular formula is C27H31N3O3. The molecule has 2 aromatic carbocycles. The maximum absolute atomic E-state index is 13.5. The van der Waals surface area contributed by atoms with Gasteiger partial charge in [0.25, 0.3) is 5.91 Å². The number of rotatable bonds is 5. The molecule has 1 saturated carbocycles. The van der Waals surface area contributed by atoms with Crippen molar-refractivity contribution in [3.63, 3.8) is 0 Å². The molecule has 0 bridgehead atoms. The lowest BCUT2D eigenvalue weighted by Crippen LogP contribution is -2.53. The summed E-state index contributed by atoms with van der Waals surface area (Å²) in [7, 11) is 0. The molecule has 2 aliphatic heterocycles. The lowest BCUT2D eigenvalue weighted by atomic mass is 9.78. The zero-order chi connectivity index (χ0) is 22.8. The number of nitrogens with zero attached hydrogens (tertiary/aromatic N) is 3. The minimum atomic E-state index is -0.713. The van der Waals surface area contributed by atoms with E-state index in [1.807, 2.05) is 65.6 Å². The van der Waals surface area contributed by atoms with Crippen LogP contribution in [0.4, 0.5) is 4.79 Å². The second kappa shape index (κ2) is 9.38. The van der Waals surface area contributed by atoms with Crippen molar-refractivity contribution in [2.75, 3.05) is 13.1 Å². The van der Waals surface area contributed by atoms with Crippen LogP contribution >= 0.6 is 0 Å². The normalized spacial score (nSPS) is 25.3. The number of benzene rings is 2. The number of amides is 4. The number of fused-ring (bicyclic) bond motifs is 1. The first-order valence-corrected chi connectivity index (χ1v) is 12.1. The Morgan fingerprint density at radius 3 is 2.27 bits per heavy atom. The minimum Gasteiger partial charge on any atom is -0.338 e. The number of carbonyl (C=O) groups excluding carboxylic acids is 3. The quantitative estimate of drug-likeness (QED) is 0.642. The summed E-state index contributed by atoms with van der Waals surface area (Å²) < 4.78 is 0. The van der Waals surface area contributed by atoms with Crippen molar-refractivity contribution in [1.29, 1.82) is 0 Å². The van der Waals surface area contributed by atoms with E-state index in [2.05, 4.69) is 0 Å². The van der Waals surface area contributed by atoms with E-state index < -0.39 is 6.04 Å². The van der Waals surface area contributed by atoms with E-state index in [0.717, 1.165) is 36.9 Å². The summed E-state index contributed by atoms with van der Waals surface area (Å²) in [6, 6.07) is 18.2. The highest BCUT2D eigenvalue weighted by Crippen LogP contribution is 2.36. The van der Waals surface area contributed by atoms with Gasteiger partial charge in [-0.2, -0.15) is 0 Å². The summed E-state index contributed by atoms with van der Waals surface area (Å²) in [5, 5.41) is 0. The molecule has 6 nitrogen and oxygen atoms in total. The second-order valence-electron chi connectivity index (χ2n) is 9.47. The maximum atomic E-state index is 13.5. The van der Waals surface area contributed by atoms with Crippen molar-refractivity contribution in [3.8, 4) is 0 Å². The molecule has 6 heteroatoms. The molecule has 2 aromatic rings. The summed E-state index contributed by atoms with van der Waals surface area (Å²) in [5.74, 6) is 0.155. The number of carbonyl (C=O) groups is 3. The van der Waals surface area contributed by atoms with Crippen LogP contribution in [0.1, 0.15) is 55.7 Å². The SMILES string of the molecule is O=C1C(c2ccccc2)N(Cc2ccccc2)C(=O)N1CC(=O)N1CCCC2CCCCC21. The van der Waals surface area contributed by atoms with Gasteiger partial charge in [-0.05, 0) is 42.7 Å². The molecule has 33 heavy (non-hydrogen) atoms. The Morgan fingerprint density at radius 1 is 0.848 bits per heavy atom. The van der Waals surface area contributed by atoms with E-state index in [-0.39, 0.29) is 30.4 Å². The molecule has 1 aliphatic carbocycles. The molecule has 3 fully saturated rings. The monoisotopic (exact) mass is 445 g/mol. The first-order valence-electron chi connectivity index (χ1n) is 12.1. The maximum Gasteiger partial charge on any atom is 0.328 e. The van der Waals surface area contributed by atoms with Gasteiger partial charge in [-0.25, -0.2) is 4.79 Å². The highest BCUT2D eigenvalue weighted by Gasteiger charge is 2.47. The van der Waals surface area contributed by atoms with Crippen LogP contribution in [0.2, 0.25) is 0 Å². The van der Waals surface area contributed by atoms with E-state index >= 15 is 0 Å². The van der Waals surface area contributed by atoms with E-state index in [9.17, 15) is 14.4 Å². The van der Waals surface area contributed by atoms with E-state index in [1.165, 1.54) is 24.2 Å². The highest BCUT2D eigenvalue weighted by molar-refractivity contribution is 6.06. The van der Waals surface area contributed by atoms with Crippen molar-refractivity contribution < 1.29 is 14.4 Å². The number of hydrogen-bond acceptors (Lipinski definition) is 3. The lowest BCUT2D eigenvalue weighted by molar-refractivity contribution is -0.142. The summed E-state index contributed by atoms with van der Waals surface area (Å²) in [5.41, 5.74) is 1.72. The minimum absolute atomic E-state index is 0.0957. The largest absolute Gasteiger partial charge is 0.338 e. The van der Waals surface area contributed by atoms with Gasteiger partial charge >= 0.3 is 6.03 Å². The third kappa shape index (κ3) is 4.26. The van der Waals surface area contributed by atoms with E-state index in [4.69, 9.17) is 0 Å². The van der Waals surface area contributed by atoms with Crippen LogP contribution in [0.25, 0.3) is 0 Å². The van der Waals surface area contributed by atoms with Gasteiger partial charge in [0.15, 0.2) is 0 Å². The molecule has 2 heterocycles. The number of urea groups is 1. The van der Waals surface area contributed by atoms with Crippen molar-refractivity contribution in [1.82, 2.24) is 14.7 Å². The van der Waals surface area contributed by atoms with Gasteiger partial charge in [0, 0.05) is 19.1 Å². The standard InChI is InChI=1S/C27H31N3O3/c31-24(28-17-9-15-21-12-7-8-16-23(21)28)19-30-26(32)25(22-13-5-2-6-14-22)29(27(30)33)18-20-10-3-1-4-11-20/h1-6,10-11,13-14,21,23,25H,7-9,12,15-19H2. The summed E-state index contributed by atoms with van der Waals surface area (Å²) >= 11 is 0. The zero-order valence-corrected chi connectivity index (χ0v) is 18.9. The van der Waals surface area contributed by atoms with Crippen LogP contribution in [0.3, 0.4) is 0 Å². The van der Waals surface area contributed by atoms with Crippen LogP contribution in [-0.4, -0.2) is 51.7 Å². The Bertz CT molecular complexity index is 1010. The van der Waals surface area contributed by atoms with Gasteiger partial charge in [0.2, 0.25) is 5.91 Å². The van der Waals surface area contributed by atoms with Gasteiger partial charge < -0.3 is 9.80 Å². The smallest absolute Gasteiger partial charge is 0.328 e. The molecule has 3 aliphatic rings. The first-order chi connectivity index (χ1) is 16.1. The number of likely N-dealkylation sites (tertiary alicyclic amines) is 1. The van der Waals surface area contributed by atoms with Gasteiger partial charge in [-0.15, -0.1) is 0 Å². The van der Waals surface area contributed by atoms with E-state index in [1.54, 1.807) is 4.90 Å². The topological polar surface area (TPSA) is 60.9 Å². The van der Waals surface area contributed by atoms with Gasteiger partial charge in [-0.1, -0.05) is 73.5 Å². The third-order valence-electron chi connectivity index (χ3n) is 7.46. The Labute approximate surface area is 195 Å². The summed E-state index contributed by atoms with van der Waals surface area (Å²) in [6.45, 7) is 0.881. The Morgan fingerprint density at radius 2 is 1.52 bits per heavy atom. The number of piperidine rings is 1. The second-order valence-corrected chi connectivity index (χ2v) is 9.47. The fourth-order valence-corrected chi connectivity index (χ4v) is 5.84. The number of imide groups is 1. The highest BCUT2D eigenvalue weighted by atomic mass is 16.2. The van der Waals surface area contributed by atoms with Gasteiger partial charge in [0.05, 0.1) is 0 Å². The Hall–Kier alpha value is -3.15. The van der Waals surface area contributed by atoms with Crippen molar-refractivity contribution in [2.24, 2.45) is 5.92 Å². The van der Waals surface area contributed by atoms with Crippen LogP contribution in [0, 0.1) is 5.92 Å². The summed E-state index contributed by atoms with van der Waals surface area (Å²) in [6.07, 6.45) is 6.77. The molecule has 172 valence electrons. The fraction of sp³-hybridized carbons (Fsp3) is 0.444.